The van der Waals surface area contributed by atoms with Gasteiger partial charge in [0.05, 0.1) is 0 Å². The van der Waals surface area contributed by atoms with Crippen LogP contribution in [-0.4, -0.2) is 22.7 Å². The molecule has 0 saturated carbocycles. The van der Waals surface area contributed by atoms with Crippen molar-refractivity contribution in [2.24, 2.45) is 5.18 Å². The van der Waals surface area contributed by atoms with Gasteiger partial charge in [-0.1, -0.05) is 35.5 Å². The predicted molar refractivity (Wildman–Crippen MR) is 84.8 cm³/mol. The van der Waals surface area contributed by atoms with Crippen molar-refractivity contribution in [3.63, 3.8) is 0 Å². The Morgan fingerprint density at radius 2 is 1.71 bits per heavy atom. The number of benzene rings is 1. The maximum absolute atomic E-state index is 10.8. The van der Waals surface area contributed by atoms with Gasteiger partial charge in [-0.05, 0) is 52.5 Å². The third-order valence-corrected chi connectivity index (χ3v) is 4.32. The fourth-order valence-corrected chi connectivity index (χ4v) is 3.32. The smallest absolute Gasteiger partial charge is 0.127 e. The molecule has 0 aromatic heterocycles. The molecule has 1 aromatic rings. The average Bonchev–Trinajstić information content (AvgIpc) is 2.42. The fraction of sp³-hybridized carbons (Fsp3) is 0.647. The Kier molecular flexibility index (Phi) is 4.79. The number of hydrogen-bond acceptors (Lipinski definition) is 4. The molecule has 0 N–H and O–H groups in total. The molecule has 0 bridgehead atoms. The van der Waals surface area contributed by atoms with E-state index in [2.05, 4.69) is 37.9 Å². The van der Waals surface area contributed by atoms with E-state index in [-0.39, 0.29) is 23.7 Å². The van der Waals surface area contributed by atoms with Crippen molar-refractivity contribution in [1.82, 2.24) is 5.06 Å². The molecular weight excluding hydrogens is 264 g/mol. The molecule has 116 valence electrons. The Hall–Kier alpha value is -1.26. The number of nitrogens with zero attached hydrogens (tertiary/aromatic N) is 2. The van der Waals surface area contributed by atoms with Gasteiger partial charge in [-0.25, -0.2) is 0 Å². The van der Waals surface area contributed by atoms with Crippen molar-refractivity contribution in [3.05, 3.63) is 40.8 Å². The molecule has 1 aromatic carbocycles. The van der Waals surface area contributed by atoms with Gasteiger partial charge < -0.3 is 0 Å². The first-order valence-corrected chi connectivity index (χ1v) is 7.68. The third-order valence-electron chi connectivity index (χ3n) is 4.32. The van der Waals surface area contributed by atoms with E-state index in [1.165, 1.54) is 6.42 Å². The molecule has 0 radical (unpaired) electrons. The van der Waals surface area contributed by atoms with Crippen LogP contribution in [0.1, 0.15) is 58.6 Å². The molecule has 1 fully saturated rings. The molecule has 4 heteroatoms. The fourth-order valence-electron chi connectivity index (χ4n) is 3.32. The summed E-state index contributed by atoms with van der Waals surface area (Å²) in [6, 6.07) is 9.86. The number of rotatable bonds is 5. The van der Waals surface area contributed by atoms with E-state index in [0.29, 0.717) is 0 Å². The summed E-state index contributed by atoms with van der Waals surface area (Å²) in [6.07, 6.45) is 3.06. The second kappa shape index (κ2) is 6.24. The van der Waals surface area contributed by atoms with E-state index in [1.807, 2.05) is 30.3 Å². The molecule has 1 aliphatic rings. The normalized spacial score (nSPS) is 22.7. The van der Waals surface area contributed by atoms with Crippen LogP contribution in [0.4, 0.5) is 0 Å². The summed E-state index contributed by atoms with van der Waals surface area (Å²) < 4.78 is 0. The SMILES string of the molecule is CC1(C)CCCC(C)(C)N1OC(CN=O)c1ccccc1. The largest absolute Gasteiger partial charge is 0.288 e. The van der Waals surface area contributed by atoms with Gasteiger partial charge in [-0.15, -0.1) is 0 Å². The van der Waals surface area contributed by atoms with Crippen molar-refractivity contribution in [2.75, 3.05) is 6.54 Å². The minimum Gasteiger partial charge on any atom is -0.288 e. The summed E-state index contributed by atoms with van der Waals surface area (Å²) in [7, 11) is 0. The third kappa shape index (κ3) is 3.69. The molecule has 21 heavy (non-hydrogen) atoms. The maximum Gasteiger partial charge on any atom is 0.127 e. The second-order valence-electron chi connectivity index (χ2n) is 7.09. The minimum atomic E-state index is -0.319. The molecule has 0 aliphatic carbocycles. The lowest BCUT2D eigenvalue weighted by Gasteiger charge is -2.52. The monoisotopic (exact) mass is 290 g/mol. The van der Waals surface area contributed by atoms with Gasteiger partial charge in [0.2, 0.25) is 0 Å². The van der Waals surface area contributed by atoms with Crippen LogP contribution in [0.15, 0.2) is 35.5 Å². The van der Waals surface area contributed by atoms with Crippen molar-refractivity contribution in [2.45, 2.75) is 64.1 Å². The van der Waals surface area contributed by atoms with E-state index in [4.69, 9.17) is 4.84 Å². The van der Waals surface area contributed by atoms with Crippen molar-refractivity contribution in [3.8, 4) is 0 Å². The van der Waals surface area contributed by atoms with Gasteiger partial charge in [0, 0.05) is 11.1 Å². The lowest BCUT2D eigenvalue weighted by Crippen LogP contribution is -2.58. The van der Waals surface area contributed by atoms with Crippen LogP contribution >= 0.6 is 0 Å². The molecule has 0 amide bonds. The maximum atomic E-state index is 10.8. The predicted octanol–water partition coefficient (Wildman–Crippen LogP) is 4.47. The highest BCUT2D eigenvalue weighted by atomic mass is 16.7. The number of hydroxylamine groups is 2. The number of hydrogen-bond donors (Lipinski definition) is 0. The summed E-state index contributed by atoms with van der Waals surface area (Å²) in [5.74, 6) is 0. The highest BCUT2D eigenvalue weighted by molar-refractivity contribution is 5.18. The molecule has 4 nitrogen and oxygen atoms in total. The van der Waals surface area contributed by atoms with E-state index in [9.17, 15) is 4.91 Å². The van der Waals surface area contributed by atoms with E-state index in [1.54, 1.807) is 0 Å². The zero-order chi connectivity index (χ0) is 15.5. The zero-order valence-electron chi connectivity index (χ0n) is 13.5. The standard InChI is InChI=1S/C17H26N2O2/c1-16(2)11-8-12-17(3,4)19(16)21-15(13-18-20)14-9-6-5-7-10-14/h5-7,9-10,15H,8,11-13H2,1-4H3. The topological polar surface area (TPSA) is 41.9 Å². The minimum absolute atomic E-state index is 0.0440. The highest BCUT2D eigenvalue weighted by Gasteiger charge is 2.43. The van der Waals surface area contributed by atoms with Crippen LogP contribution in [-0.2, 0) is 4.84 Å². The Bertz CT molecular complexity index is 455. The second-order valence-corrected chi connectivity index (χ2v) is 7.09. The van der Waals surface area contributed by atoms with Crippen molar-refractivity contribution < 1.29 is 4.84 Å². The number of piperidine rings is 1. The van der Waals surface area contributed by atoms with Crippen molar-refractivity contribution >= 4 is 0 Å². The number of nitroso groups, excluding NO2 is 1. The summed E-state index contributed by atoms with van der Waals surface area (Å²) in [4.78, 5) is 17.1. The van der Waals surface area contributed by atoms with Crippen LogP contribution in [0.5, 0.6) is 0 Å². The van der Waals surface area contributed by atoms with Gasteiger partial charge in [0.25, 0.3) is 0 Å². The summed E-state index contributed by atoms with van der Waals surface area (Å²) in [5.41, 5.74) is 0.907. The van der Waals surface area contributed by atoms with Crippen LogP contribution in [0, 0.1) is 4.91 Å². The van der Waals surface area contributed by atoms with Crippen LogP contribution in [0.25, 0.3) is 0 Å². The molecule has 0 spiro atoms. The van der Waals surface area contributed by atoms with Gasteiger partial charge in [0.15, 0.2) is 0 Å². The molecule has 1 saturated heterocycles. The molecule has 2 rings (SSSR count). The zero-order valence-corrected chi connectivity index (χ0v) is 13.5. The molecule has 1 heterocycles. The summed E-state index contributed by atoms with van der Waals surface area (Å²) in [6.45, 7) is 8.93. The van der Waals surface area contributed by atoms with Gasteiger partial charge in [0.1, 0.15) is 12.6 Å². The quantitative estimate of drug-likeness (QED) is 0.751. The van der Waals surface area contributed by atoms with Crippen LogP contribution in [0.3, 0.4) is 0 Å². The van der Waals surface area contributed by atoms with E-state index >= 15 is 0 Å². The Labute approximate surface area is 127 Å². The molecule has 1 atom stereocenters. The van der Waals surface area contributed by atoms with Crippen molar-refractivity contribution in [1.29, 1.82) is 0 Å². The van der Waals surface area contributed by atoms with E-state index in [0.717, 1.165) is 18.4 Å². The van der Waals surface area contributed by atoms with E-state index < -0.39 is 0 Å². The Morgan fingerprint density at radius 1 is 1.14 bits per heavy atom. The first kappa shape index (κ1) is 16.1. The molecule has 1 unspecified atom stereocenters. The first-order valence-electron chi connectivity index (χ1n) is 7.68. The summed E-state index contributed by atoms with van der Waals surface area (Å²) in [5, 5.41) is 5.16. The lowest BCUT2D eigenvalue weighted by atomic mass is 9.82. The van der Waals surface area contributed by atoms with Gasteiger partial charge in [-0.2, -0.15) is 9.97 Å². The van der Waals surface area contributed by atoms with Crippen LogP contribution in [0.2, 0.25) is 0 Å². The Balaban J connectivity index is 2.24. The van der Waals surface area contributed by atoms with Gasteiger partial charge in [-0.3, -0.25) is 4.84 Å². The molecule has 1 aliphatic heterocycles. The lowest BCUT2D eigenvalue weighted by molar-refractivity contribution is -0.305. The highest BCUT2D eigenvalue weighted by Crippen LogP contribution is 2.40. The van der Waals surface area contributed by atoms with Crippen LogP contribution < -0.4 is 0 Å². The average molecular weight is 290 g/mol. The molecular formula is C17H26N2O2. The van der Waals surface area contributed by atoms with Gasteiger partial charge >= 0.3 is 0 Å². The summed E-state index contributed by atoms with van der Waals surface area (Å²) >= 11 is 0. The first-order chi connectivity index (χ1) is 9.87. The Morgan fingerprint density at radius 3 is 2.24 bits per heavy atom.